The smallest absolute Gasteiger partial charge is 0.292 e. The number of hydrogen-bond acceptors (Lipinski definition) is 3. The molecule has 2 aromatic carbocycles. The lowest BCUT2D eigenvalue weighted by Gasteiger charge is -2.19. The van der Waals surface area contributed by atoms with Crippen LogP contribution in [0.5, 0.6) is 0 Å². The van der Waals surface area contributed by atoms with E-state index in [9.17, 15) is 4.79 Å². The SMILES string of the molecule is O=C(OO[C]1CCCCC1)c1ccccc1-c1ccccc1. The van der Waals surface area contributed by atoms with E-state index in [2.05, 4.69) is 0 Å². The highest BCUT2D eigenvalue weighted by atomic mass is 17.2. The van der Waals surface area contributed by atoms with Crippen LogP contribution < -0.4 is 0 Å². The molecule has 1 fully saturated rings. The fourth-order valence-corrected chi connectivity index (χ4v) is 2.70. The van der Waals surface area contributed by atoms with Gasteiger partial charge >= 0.3 is 5.97 Å². The van der Waals surface area contributed by atoms with E-state index in [0.29, 0.717) is 5.56 Å². The van der Waals surface area contributed by atoms with Crippen molar-refractivity contribution in [3.05, 3.63) is 66.3 Å². The van der Waals surface area contributed by atoms with Crippen molar-refractivity contribution >= 4 is 5.97 Å². The van der Waals surface area contributed by atoms with Gasteiger partial charge in [-0.3, -0.25) is 4.89 Å². The lowest BCUT2D eigenvalue weighted by atomic mass is 9.98. The molecule has 3 nitrogen and oxygen atoms in total. The number of hydrogen-bond donors (Lipinski definition) is 0. The Bertz CT molecular complexity index is 616. The van der Waals surface area contributed by atoms with Crippen LogP contribution in [0.25, 0.3) is 11.1 Å². The summed E-state index contributed by atoms with van der Waals surface area (Å²) < 4.78 is 0. The molecule has 0 aromatic heterocycles. The van der Waals surface area contributed by atoms with Crippen molar-refractivity contribution in [1.82, 2.24) is 0 Å². The predicted molar refractivity (Wildman–Crippen MR) is 84.7 cm³/mol. The van der Waals surface area contributed by atoms with Gasteiger partial charge in [0.05, 0.1) is 5.56 Å². The van der Waals surface area contributed by atoms with Crippen LogP contribution in [-0.4, -0.2) is 5.97 Å². The summed E-state index contributed by atoms with van der Waals surface area (Å²) in [5.41, 5.74) is 2.36. The van der Waals surface area contributed by atoms with Crippen LogP contribution in [0.4, 0.5) is 0 Å². The third-order valence-electron chi connectivity index (χ3n) is 3.88. The maximum absolute atomic E-state index is 12.3. The summed E-state index contributed by atoms with van der Waals surface area (Å²) in [7, 11) is 0. The number of carbonyl (C=O) groups excluding carboxylic acids is 1. The standard InChI is InChI=1S/C19H19O3/c20-19(22-21-16-11-5-2-6-12-16)18-14-8-7-13-17(18)15-9-3-1-4-10-15/h1,3-4,7-10,13-14H,2,5-6,11-12H2. The highest BCUT2D eigenvalue weighted by molar-refractivity contribution is 5.96. The van der Waals surface area contributed by atoms with E-state index in [4.69, 9.17) is 9.78 Å². The Morgan fingerprint density at radius 1 is 0.818 bits per heavy atom. The summed E-state index contributed by atoms with van der Waals surface area (Å²) in [4.78, 5) is 22.6. The fraction of sp³-hybridized carbons (Fsp3) is 0.263. The van der Waals surface area contributed by atoms with Crippen LogP contribution in [0.3, 0.4) is 0 Å². The zero-order valence-corrected chi connectivity index (χ0v) is 12.5. The first-order chi connectivity index (χ1) is 10.8. The highest BCUT2D eigenvalue weighted by Gasteiger charge is 2.20. The Kier molecular flexibility index (Phi) is 4.86. The van der Waals surface area contributed by atoms with Crippen LogP contribution in [-0.2, 0) is 9.78 Å². The molecule has 113 valence electrons. The molecular weight excluding hydrogens is 276 g/mol. The molecule has 3 rings (SSSR count). The van der Waals surface area contributed by atoms with Crippen molar-refractivity contribution in [1.29, 1.82) is 0 Å². The van der Waals surface area contributed by atoms with Crippen LogP contribution in [0.15, 0.2) is 54.6 Å². The molecule has 0 amide bonds. The second-order valence-corrected chi connectivity index (χ2v) is 5.47. The summed E-state index contributed by atoms with van der Waals surface area (Å²) in [6, 6.07) is 17.2. The van der Waals surface area contributed by atoms with Crippen molar-refractivity contribution < 1.29 is 14.6 Å². The average molecular weight is 295 g/mol. The fourth-order valence-electron chi connectivity index (χ4n) is 2.70. The largest absolute Gasteiger partial charge is 0.373 e. The molecule has 2 aromatic rings. The second kappa shape index (κ2) is 7.23. The van der Waals surface area contributed by atoms with Crippen molar-refractivity contribution in [2.75, 3.05) is 0 Å². The van der Waals surface area contributed by atoms with Gasteiger partial charge in [-0.15, -0.1) is 0 Å². The van der Waals surface area contributed by atoms with Gasteiger partial charge in [0, 0.05) is 0 Å². The summed E-state index contributed by atoms with van der Waals surface area (Å²) >= 11 is 0. The van der Waals surface area contributed by atoms with Gasteiger partial charge in [-0.05, 0) is 30.0 Å². The minimum absolute atomic E-state index is 0.447. The molecule has 1 saturated carbocycles. The van der Waals surface area contributed by atoms with E-state index in [0.717, 1.165) is 42.9 Å². The van der Waals surface area contributed by atoms with Gasteiger partial charge in [-0.25, -0.2) is 4.79 Å². The van der Waals surface area contributed by atoms with Crippen molar-refractivity contribution in [2.24, 2.45) is 0 Å². The van der Waals surface area contributed by atoms with E-state index in [-0.39, 0.29) is 0 Å². The summed E-state index contributed by atoms with van der Waals surface area (Å²) in [5, 5.41) is 0. The maximum Gasteiger partial charge on any atom is 0.373 e. The quantitative estimate of drug-likeness (QED) is 0.592. The molecule has 0 spiro atoms. The van der Waals surface area contributed by atoms with Crippen LogP contribution in [0, 0.1) is 6.10 Å². The van der Waals surface area contributed by atoms with Crippen LogP contribution >= 0.6 is 0 Å². The van der Waals surface area contributed by atoms with Gasteiger partial charge in [0.1, 0.15) is 6.10 Å². The lowest BCUT2D eigenvalue weighted by Crippen LogP contribution is -2.13. The molecule has 3 heteroatoms. The first-order valence-electron chi connectivity index (χ1n) is 7.72. The van der Waals surface area contributed by atoms with Crippen LogP contribution in [0.2, 0.25) is 0 Å². The third-order valence-corrected chi connectivity index (χ3v) is 3.88. The molecule has 0 heterocycles. The van der Waals surface area contributed by atoms with Gasteiger partial charge in [-0.1, -0.05) is 67.8 Å². The Morgan fingerprint density at radius 3 is 2.27 bits per heavy atom. The zero-order chi connectivity index (χ0) is 15.2. The minimum atomic E-state index is -0.447. The number of benzene rings is 2. The molecule has 1 aliphatic rings. The first kappa shape index (κ1) is 14.8. The lowest BCUT2D eigenvalue weighted by molar-refractivity contribution is -0.239. The molecule has 0 bridgehead atoms. The van der Waals surface area contributed by atoms with Crippen LogP contribution in [0.1, 0.15) is 42.5 Å². The van der Waals surface area contributed by atoms with E-state index < -0.39 is 5.97 Å². The van der Waals surface area contributed by atoms with E-state index in [1.807, 2.05) is 48.5 Å². The van der Waals surface area contributed by atoms with Crippen molar-refractivity contribution in [3.63, 3.8) is 0 Å². The van der Waals surface area contributed by atoms with E-state index in [1.165, 1.54) is 6.42 Å². The zero-order valence-electron chi connectivity index (χ0n) is 12.5. The topological polar surface area (TPSA) is 35.5 Å². The Morgan fingerprint density at radius 2 is 1.50 bits per heavy atom. The first-order valence-corrected chi connectivity index (χ1v) is 7.72. The van der Waals surface area contributed by atoms with Gasteiger partial charge in [0.15, 0.2) is 0 Å². The Labute approximate surface area is 130 Å². The van der Waals surface area contributed by atoms with Gasteiger partial charge in [0.2, 0.25) is 0 Å². The van der Waals surface area contributed by atoms with Gasteiger partial charge in [0.25, 0.3) is 0 Å². The van der Waals surface area contributed by atoms with Crippen molar-refractivity contribution in [2.45, 2.75) is 32.1 Å². The van der Waals surface area contributed by atoms with Gasteiger partial charge < -0.3 is 0 Å². The van der Waals surface area contributed by atoms with Gasteiger partial charge in [-0.2, -0.15) is 4.89 Å². The summed E-state index contributed by atoms with van der Waals surface area (Å²) in [5.74, 6) is -0.447. The molecule has 0 atom stereocenters. The number of rotatable bonds is 4. The minimum Gasteiger partial charge on any atom is -0.292 e. The summed E-state index contributed by atoms with van der Waals surface area (Å²) in [6.45, 7) is 0. The molecule has 0 unspecified atom stereocenters. The third kappa shape index (κ3) is 3.55. The average Bonchev–Trinajstić information content (AvgIpc) is 2.61. The molecular formula is C19H19O3. The van der Waals surface area contributed by atoms with E-state index >= 15 is 0 Å². The number of carbonyl (C=O) groups is 1. The molecule has 0 aliphatic heterocycles. The van der Waals surface area contributed by atoms with Crippen molar-refractivity contribution in [3.8, 4) is 11.1 Å². The Hall–Kier alpha value is -2.13. The molecule has 1 radical (unpaired) electrons. The predicted octanol–water partition coefficient (Wildman–Crippen LogP) is 4.94. The molecule has 0 N–H and O–H groups in total. The highest BCUT2D eigenvalue weighted by Crippen LogP contribution is 2.28. The maximum atomic E-state index is 12.3. The normalized spacial score (nSPS) is 15.5. The monoisotopic (exact) mass is 295 g/mol. The molecule has 22 heavy (non-hydrogen) atoms. The summed E-state index contributed by atoms with van der Waals surface area (Å²) in [6.07, 6.45) is 6.07. The molecule has 1 aliphatic carbocycles. The Balaban J connectivity index is 1.72. The second-order valence-electron chi connectivity index (χ2n) is 5.47. The van der Waals surface area contributed by atoms with E-state index in [1.54, 1.807) is 6.07 Å². The molecule has 0 saturated heterocycles.